The summed E-state index contributed by atoms with van der Waals surface area (Å²) in [6, 6.07) is 10.1. The number of nitrogens with zero attached hydrogens (tertiary/aromatic N) is 1. The monoisotopic (exact) mass is 426 g/mol. The molecule has 0 unspecified atom stereocenters. The lowest BCUT2D eigenvalue weighted by Gasteiger charge is -2.10. The van der Waals surface area contributed by atoms with E-state index in [-0.39, 0.29) is 11.0 Å². The number of hydrogen-bond acceptors (Lipinski definition) is 4. The molecule has 4 rings (SSSR count). The fourth-order valence-corrected chi connectivity index (χ4v) is 3.87. The molecule has 136 valence electrons. The zero-order valence-electron chi connectivity index (χ0n) is 14.4. The molecule has 0 spiro atoms. The van der Waals surface area contributed by atoms with Crippen LogP contribution >= 0.6 is 15.9 Å². The molecule has 7 heteroatoms. The fraction of sp³-hybridized carbons (Fsp3) is 0.150. The highest BCUT2D eigenvalue weighted by molar-refractivity contribution is 9.10. The standard InChI is InChI=1S/C20H15BrN2O4/c1-27-20(26)11-2-4-14(5-3-11)22-19(25)16-10-23-7-6-12-8-13(21)9-15(17(12)23)18(16)24/h2-5,8-10H,6-7H2,1H3,(H,22,25). The number of carbonyl (C=O) groups is 2. The van der Waals surface area contributed by atoms with Crippen molar-refractivity contribution in [2.45, 2.75) is 13.0 Å². The Hall–Kier alpha value is -2.93. The average molecular weight is 427 g/mol. The molecule has 6 nitrogen and oxygen atoms in total. The molecule has 1 aromatic heterocycles. The highest BCUT2D eigenvalue weighted by Gasteiger charge is 2.21. The van der Waals surface area contributed by atoms with Gasteiger partial charge in [-0.05, 0) is 48.4 Å². The maximum absolute atomic E-state index is 12.9. The van der Waals surface area contributed by atoms with E-state index in [9.17, 15) is 14.4 Å². The highest BCUT2D eigenvalue weighted by Crippen LogP contribution is 2.28. The van der Waals surface area contributed by atoms with Crippen molar-refractivity contribution in [2.24, 2.45) is 0 Å². The average Bonchev–Trinajstić information content (AvgIpc) is 3.07. The van der Waals surface area contributed by atoms with Gasteiger partial charge in [0.05, 0.1) is 18.2 Å². The first-order valence-corrected chi connectivity index (χ1v) is 9.12. The number of nitrogens with one attached hydrogen (secondary N) is 1. The number of aryl methyl sites for hydroxylation is 2. The van der Waals surface area contributed by atoms with Gasteiger partial charge in [0.25, 0.3) is 5.91 Å². The second-order valence-corrected chi connectivity index (χ2v) is 7.22. The lowest BCUT2D eigenvalue weighted by molar-refractivity contribution is 0.0600. The Morgan fingerprint density at radius 2 is 1.93 bits per heavy atom. The Morgan fingerprint density at radius 3 is 2.63 bits per heavy atom. The van der Waals surface area contributed by atoms with E-state index in [4.69, 9.17) is 0 Å². The molecular formula is C20H15BrN2O4. The predicted molar refractivity (Wildman–Crippen MR) is 105 cm³/mol. The van der Waals surface area contributed by atoms with Crippen LogP contribution in [0.25, 0.3) is 10.9 Å². The molecule has 3 aromatic rings. The van der Waals surface area contributed by atoms with Gasteiger partial charge in [-0.15, -0.1) is 0 Å². The molecule has 0 saturated carbocycles. The molecule has 0 bridgehead atoms. The summed E-state index contributed by atoms with van der Waals surface area (Å²) in [4.78, 5) is 37.0. The minimum Gasteiger partial charge on any atom is -0.465 e. The summed E-state index contributed by atoms with van der Waals surface area (Å²) in [6.45, 7) is 0.733. The molecule has 1 amide bonds. The maximum atomic E-state index is 12.9. The van der Waals surface area contributed by atoms with Gasteiger partial charge in [-0.2, -0.15) is 0 Å². The first-order chi connectivity index (χ1) is 13.0. The van der Waals surface area contributed by atoms with Crippen molar-refractivity contribution >= 4 is 44.4 Å². The molecule has 1 N–H and O–H groups in total. The number of carbonyl (C=O) groups excluding carboxylic acids is 2. The van der Waals surface area contributed by atoms with E-state index in [1.807, 2.05) is 10.6 Å². The number of amides is 1. The summed E-state index contributed by atoms with van der Waals surface area (Å²) < 4.78 is 7.43. The van der Waals surface area contributed by atoms with E-state index in [0.29, 0.717) is 16.6 Å². The number of rotatable bonds is 3. The molecule has 0 saturated heterocycles. The van der Waals surface area contributed by atoms with E-state index in [0.717, 1.165) is 28.5 Å². The van der Waals surface area contributed by atoms with Crippen molar-refractivity contribution in [3.63, 3.8) is 0 Å². The van der Waals surface area contributed by atoms with Crippen molar-refractivity contribution in [1.29, 1.82) is 0 Å². The van der Waals surface area contributed by atoms with Crippen LogP contribution in [0.4, 0.5) is 5.69 Å². The summed E-state index contributed by atoms with van der Waals surface area (Å²) in [7, 11) is 1.30. The van der Waals surface area contributed by atoms with Crippen LogP contribution in [0, 0.1) is 0 Å². The first kappa shape index (κ1) is 17.5. The van der Waals surface area contributed by atoms with E-state index < -0.39 is 11.9 Å². The summed E-state index contributed by atoms with van der Waals surface area (Å²) >= 11 is 3.43. The van der Waals surface area contributed by atoms with E-state index in [1.54, 1.807) is 36.5 Å². The van der Waals surface area contributed by atoms with Crippen LogP contribution in [0.2, 0.25) is 0 Å². The fourth-order valence-electron chi connectivity index (χ4n) is 3.37. The molecule has 0 radical (unpaired) electrons. The summed E-state index contributed by atoms with van der Waals surface area (Å²) in [6.07, 6.45) is 2.45. The van der Waals surface area contributed by atoms with Gasteiger partial charge in [0, 0.05) is 28.3 Å². The van der Waals surface area contributed by atoms with Gasteiger partial charge >= 0.3 is 5.97 Å². The number of halogens is 1. The van der Waals surface area contributed by atoms with Crippen LogP contribution in [0.1, 0.15) is 26.3 Å². The largest absolute Gasteiger partial charge is 0.465 e. The lowest BCUT2D eigenvalue weighted by atomic mass is 10.1. The minimum atomic E-state index is -0.482. The number of hydrogen-bond donors (Lipinski definition) is 1. The number of benzene rings is 2. The Labute approximate surface area is 162 Å². The number of anilines is 1. The van der Waals surface area contributed by atoms with Crippen molar-refractivity contribution < 1.29 is 14.3 Å². The number of methoxy groups -OCH3 is 1. The van der Waals surface area contributed by atoms with Crippen LogP contribution in [-0.4, -0.2) is 23.6 Å². The molecule has 0 aliphatic carbocycles. The molecular weight excluding hydrogens is 412 g/mol. The summed E-state index contributed by atoms with van der Waals surface area (Å²) in [5.41, 5.74) is 2.65. The SMILES string of the molecule is COC(=O)c1ccc(NC(=O)c2cn3c4c(cc(Br)cc4c2=O)CC3)cc1. The zero-order valence-corrected chi connectivity index (χ0v) is 16.0. The van der Waals surface area contributed by atoms with Crippen LogP contribution in [0.3, 0.4) is 0 Å². The maximum Gasteiger partial charge on any atom is 0.337 e. The van der Waals surface area contributed by atoms with E-state index in [1.165, 1.54) is 7.11 Å². The molecule has 1 aliphatic heterocycles. The quantitative estimate of drug-likeness (QED) is 0.651. The number of pyridine rings is 1. The van der Waals surface area contributed by atoms with Crippen LogP contribution in [-0.2, 0) is 17.7 Å². The van der Waals surface area contributed by atoms with Gasteiger partial charge in [-0.25, -0.2) is 4.79 Å². The normalized spacial score (nSPS) is 12.2. The van der Waals surface area contributed by atoms with Crippen molar-refractivity contribution in [1.82, 2.24) is 4.57 Å². The molecule has 0 fully saturated rings. The third-order valence-corrected chi connectivity index (χ3v) is 5.10. The summed E-state index contributed by atoms with van der Waals surface area (Å²) in [5, 5.41) is 3.25. The van der Waals surface area contributed by atoms with Gasteiger partial charge in [0.1, 0.15) is 5.56 Å². The molecule has 1 aliphatic rings. The topological polar surface area (TPSA) is 77.4 Å². The minimum absolute atomic E-state index is 0.0884. The molecule has 2 heterocycles. The predicted octanol–water partition coefficient (Wildman–Crippen LogP) is 3.36. The van der Waals surface area contributed by atoms with Gasteiger partial charge in [-0.3, -0.25) is 9.59 Å². The third kappa shape index (κ3) is 3.04. The van der Waals surface area contributed by atoms with Crippen molar-refractivity contribution in [2.75, 3.05) is 12.4 Å². The third-order valence-electron chi connectivity index (χ3n) is 4.65. The van der Waals surface area contributed by atoms with Crippen LogP contribution in [0.5, 0.6) is 0 Å². The number of aromatic nitrogens is 1. The smallest absolute Gasteiger partial charge is 0.337 e. The van der Waals surface area contributed by atoms with Crippen LogP contribution < -0.4 is 10.7 Å². The van der Waals surface area contributed by atoms with Gasteiger partial charge in [0.2, 0.25) is 5.43 Å². The van der Waals surface area contributed by atoms with Crippen molar-refractivity contribution in [3.05, 3.63) is 74.0 Å². The van der Waals surface area contributed by atoms with Gasteiger partial charge in [0.15, 0.2) is 0 Å². The van der Waals surface area contributed by atoms with Gasteiger partial charge in [-0.1, -0.05) is 15.9 Å². The van der Waals surface area contributed by atoms with Gasteiger partial charge < -0.3 is 14.6 Å². The zero-order chi connectivity index (χ0) is 19.1. The Morgan fingerprint density at radius 1 is 1.19 bits per heavy atom. The second-order valence-electron chi connectivity index (χ2n) is 6.30. The number of esters is 1. The number of ether oxygens (including phenoxy) is 1. The Kier molecular flexibility index (Phi) is 4.31. The first-order valence-electron chi connectivity index (χ1n) is 8.33. The van der Waals surface area contributed by atoms with E-state index >= 15 is 0 Å². The summed E-state index contributed by atoms with van der Waals surface area (Å²) in [5.74, 6) is -0.935. The molecule has 27 heavy (non-hydrogen) atoms. The lowest BCUT2D eigenvalue weighted by Crippen LogP contribution is -2.23. The van der Waals surface area contributed by atoms with Crippen molar-refractivity contribution in [3.8, 4) is 0 Å². The highest BCUT2D eigenvalue weighted by atomic mass is 79.9. The molecule has 2 aromatic carbocycles. The Balaban J connectivity index is 1.69. The molecule has 0 atom stereocenters. The van der Waals surface area contributed by atoms with E-state index in [2.05, 4.69) is 26.0 Å². The Bertz CT molecular complexity index is 1150. The second kappa shape index (κ2) is 6.66. The van der Waals surface area contributed by atoms with Crippen LogP contribution in [0.15, 0.2) is 51.9 Å².